The van der Waals surface area contributed by atoms with Crippen molar-refractivity contribution < 1.29 is 0 Å². The molecule has 0 aromatic carbocycles. The highest BCUT2D eigenvalue weighted by atomic mass is 14.8. The van der Waals surface area contributed by atoms with Gasteiger partial charge in [-0.2, -0.15) is 0 Å². The lowest BCUT2D eigenvalue weighted by Gasteiger charge is -2.40. The molecule has 72 valence electrons. The molecule has 1 rings (SSSR count). The molecule has 0 aliphatic heterocycles. The Labute approximate surface area is 76.7 Å². The first-order valence-corrected chi connectivity index (χ1v) is 5.34. The predicted molar refractivity (Wildman–Crippen MR) is 54.0 cm³/mol. The minimum Gasteiger partial charge on any atom is -0.325 e. The van der Waals surface area contributed by atoms with Crippen molar-refractivity contribution in [1.29, 1.82) is 0 Å². The summed E-state index contributed by atoms with van der Waals surface area (Å²) in [5, 5.41) is 0. The second kappa shape index (κ2) is 3.78. The molecule has 1 aliphatic rings. The molecule has 0 spiro atoms. The van der Waals surface area contributed by atoms with E-state index in [-0.39, 0.29) is 5.54 Å². The maximum Gasteiger partial charge on any atom is 0.0177 e. The molecule has 12 heavy (non-hydrogen) atoms. The first-order chi connectivity index (χ1) is 5.55. The molecule has 1 nitrogen and oxygen atoms in total. The average Bonchev–Trinajstić information content (AvgIpc) is 2.06. The van der Waals surface area contributed by atoms with Gasteiger partial charge < -0.3 is 5.73 Å². The minimum absolute atomic E-state index is 0.0699. The van der Waals surface area contributed by atoms with Crippen molar-refractivity contribution in [2.45, 2.75) is 58.4 Å². The highest BCUT2D eigenvalue weighted by molar-refractivity contribution is 4.90. The van der Waals surface area contributed by atoms with Gasteiger partial charge in [0.25, 0.3) is 0 Å². The second-order valence-corrected chi connectivity index (χ2v) is 4.86. The maximum absolute atomic E-state index is 6.33. The van der Waals surface area contributed by atoms with E-state index in [9.17, 15) is 0 Å². The van der Waals surface area contributed by atoms with E-state index in [1.807, 2.05) is 0 Å². The lowest BCUT2D eigenvalue weighted by molar-refractivity contribution is 0.170. The van der Waals surface area contributed by atoms with Crippen LogP contribution in [-0.2, 0) is 0 Å². The molecular formula is C11H23N. The Hall–Kier alpha value is -0.0400. The molecule has 2 N–H and O–H groups in total. The van der Waals surface area contributed by atoms with Gasteiger partial charge in [-0.3, -0.25) is 0 Å². The monoisotopic (exact) mass is 169 g/mol. The standard InChI is InChI=1S/C11H23N/c1-9(2)11(3,12)10-7-5-4-6-8-10/h9-10H,4-8,12H2,1-3H3. The number of hydrogen-bond donors (Lipinski definition) is 1. The number of rotatable bonds is 2. The zero-order valence-electron chi connectivity index (χ0n) is 8.77. The van der Waals surface area contributed by atoms with Crippen LogP contribution < -0.4 is 5.73 Å². The van der Waals surface area contributed by atoms with Crippen LogP contribution in [0.4, 0.5) is 0 Å². The Morgan fingerprint density at radius 3 is 2.08 bits per heavy atom. The van der Waals surface area contributed by atoms with Crippen LogP contribution in [0.3, 0.4) is 0 Å². The van der Waals surface area contributed by atoms with Crippen LogP contribution in [-0.4, -0.2) is 5.54 Å². The SMILES string of the molecule is CC(C)C(C)(N)C1CCCCC1. The molecule has 0 heterocycles. The summed E-state index contributed by atoms with van der Waals surface area (Å²) < 4.78 is 0. The third kappa shape index (κ3) is 2.01. The van der Waals surface area contributed by atoms with Gasteiger partial charge in [-0.1, -0.05) is 33.1 Å². The highest BCUT2D eigenvalue weighted by Gasteiger charge is 2.33. The first kappa shape index (κ1) is 10.0. The summed E-state index contributed by atoms with van der Waals surface area (Å²) in [6.45, 7) is 6.72. The van der Waals surface area contributed by atoms with Gasteiger partial charge >= 0.3 is 0 Å². The zero-order valence-corrected chi connectivity index (χ0v) is 8.77. The van der Waals surface area contributed by atoms with Crippen LogP contribution in [0.1, 0.15) is 52.9 Å². The molecule has 0 aromatic rings. The van der Waals surface area contributed by atoms with E-state index in [1.54, 1.807) is 0 Å². The first-order valence-electron chi connectivity index (χ1n) is 5.34. The summed E-state index contributed by atoms with van der Waals surface area (Å²) in [7, 11) is 0. The molecule has 0 bridgehead atoms. The smallest absolute Gasteiger partial charge is 0.0177 e. The summed E-state index contributed by atoms with van der Waals surface area (Å²) in [4.78, 5) is 0. The van der Waals surface area contributed by atoms with Crippen molar-refractivity contribution in [2.75, 3.05) is 0 Å². The zero-order chi connectivity index (χ0) is 9.19. The summed E-state index contributed by atoms with van der Waals surface area (Å²) in [6.07, 6.45) is 6.91. The van der Waals surface area contributed by atoms with Crippen LogP contribution >= 0.6 is 0 Å². The fraction of sp³-hybridized carbons (Fsp3) is 1.00. The molecule has 1 fully saturated rings. The largest absolute Gasteiger partial charge is 0.325 e. The predicted octanol–water partition coefficient (Wildman–Crippen LogP) is 2.94. The number of hydrogen-bond acceptors (Lipinski definition) is 1. The molecule has 0 aromatic heterocycles. The molecule has 1 atom stereocenters. The quantitative estimate of drug-likeness (QED) is 0.675. The lowest BCUT2D eigenvalue weighted by atomic mass is 9.71. The van der Waals surface area contributed by atoms with Crippen molar-refractivity contribution >= 4 is 0 Å². The minimum atomic E-state index is 0.0699. The van der Waals surface area contributed by atoms with E-state index in [1.165, 1.54) is 32.1 Å². The molecule has 0 amide bonds. The highest BCUT2D eigenvalue weighted by Crippen LogP contribution is 2.34. The van der Waals surface area contributed by atoms with E-state index < -0.39 is 0 Å². The van der Waals surface area contributed by atoms with Gasteiger partial charge in [-0.15, -0.1) is 0 Å². The van der Waals surface area contributed by atoms with Crippen LogP contribution in [0.5, 0.6) is 0 Å². The van der Waals surface area contributed by atoms with Gasteiger partial charge in [0.15, 0.2) is 0 Å². The third-order valence-corrected chi connectivity index (χ3v) is 3.73. The third-order valence-electron chi connectivity index (χ3n) is 3.73. The van der Waals surface area contributed by atoms with Crippen molar-refractivity contribution in [2.24, 2.45) is 17.6 Å². The van der Waals surface area contributed by atoms with Crippen molar-refractivity contribution in [3.05, 3.63) is 0 Å². The second-order valence-electron chi connectivity index (χ2n) is 4.86. The Balaban J connectivity index is 2.53. The maximum atomic E-state index is 6.33. The van der Waals surface area contributed by atoms with E-state index >= 15 is 0 Å². The topological polar surface area (TPSA) is 26.0 Å². The summed E-state index contributed by atoms with van der Waals surface area (Å²) in [5.74, 6) is 1.38. The molecule has 1 saturated carbocycles. The van der Waals surface area contributed by atoms with Crippen LogP contribution in [0.25, 0.3) is 0 Å². The Kier molecular flexibility index (Phi) is 3.16. The molecular weight excluding hydrogens is 146 g/mol. The molecule has 0 radical (unpaired) electrons. The van der Waals surface area contributed by atoms with Gasteiger partial charge in [0.2, 0.25) is 0 Å². The van der Waals surface area contributed by atoms with Crippen LogP contribution in [0, 0.1) is 11.8 Å². The van der Waals surface area contributed by atoms with Gasteiger partial charge in [0.05, 0.1) is 0 Å². The van der Waals surface area contributed by atoms with Crippen LogP contribution in [0.15, 0.2) is 0 Å². The Morgan fingerprint density at radius 2 is 1.67 bits per heavy atom. The van der Waals surface area contributed by atoms with E-state index in [2.05, 4.69) is 20.8 Å². The van der Waals surface area contributed by atoms with Gasteiger partial charge in [-0.05, 0) is 31.6 Å². The van der Waals surface area contributed by atoms with Gasteiger partial charge in [-0.25, -0.2) is 0 Å². The van der Waals surface area contributed by atoms with E-state index in [0.29, 0.717) is 5.92 Å². The van der Waals surface area contributed by atoms with E-state index in [0.717, 1.165) is 5.92 Å². The Morgan fingerprint density at radius 1 is 1.17 bits per heavy atom. The van der Waals surface area contributed by atoms with Crippen molar-refractivity contribution in [3.63, 3.8) is 0 Å². The van der Waals surface area contributed by atoms with Gasteiger partial charge in [0.1, 0.15) is 0 Å². The van der Waals surface area contributed by atoms with Crippen molar-refractivity contribution in [1.82, 2.24) is 0 Å². The van der Waals surface area contributed by atoms with Crippen molar-refractivity contribution in [3.8, 4) is 0 Å². The molecule has 0 saturated heterocycles. The normalized spacial score (nSPS) is 25.8. The fourth-order valence-electron chi connectivity index (χ4n) is 2.20. The lowest BCUT2D eigenvalue weighted by Crippen LogP contribution is -2.49. The molecule has 1 heteroatoms. The summed E-state index contributed by atoms with van der Waals surface area (Å²) in [6, 6.07) is 0. The average molecular weight is 169 g/mol. The van der Waals surface area contributed by atoms with Crippen LogP contribution in [0.2, 0.25) is 0 Å². The summed E-state index contributed by atoms with van der Waals surface area (Å²) in [5.41, 5.74) is 6.40. The Bertz CT molecular complexity index is 132. The van der Waals surface area contributed by atoms with E-state index in [4.69, 9.17) is 5.73 Å². The fourth-order valence-corrected chi connectivity index (χ4v) is 2.20. The molecule has 1 unspecified atom stereocenters. The molecule has 1 aliphatic carbocycles. The number of nitrogens with two attached hydrogens (primary N) is 1. The summed E-state index contributed by atoms with van der Waals surface area (Å²) >= 11 is 0. The van der Waals surface area contributed by atoms with Gasteiger partial charge in [0, 0.05) is 5.54 Å².